The van der Waals surface area contributed by atoms with Gasteiger partial charge in [-0.1, -0.05) is 6.92 Å². The lowest BCUT2D eigenvalue weighted by molar-refractivity contribution is -0.507. The van der Waals surface area contributed by atoms with E-state index in [1.54, 1.807) is 0 Å². The van der Waals surface area contributed by atoms with E-state index in [4.69, 9.17) is 24.6 Å². The predicted molar refractivity (Wildman–Crippen MR) is 54.6 cm³/mol. The van der Waals surface area contributed by atoms with Crippen molar-refractivity contribution < 1.29 is 34.3 Å². The average Bonchev–Trinajstić information content (AvgIpc) is 2.83. The van der Waals surface area contributed by atoms with E-state index in [1.165, 1.54) is 0 Å². The first-order chi connectivity index (χ1) is 8.61. The highest BCUT2D eigenvalue weighted by Gasteiger charge is 2.50. The van der Waals surface area contributed by atoms with Crippen LogP contribution in [0.5, 0.6) is 0 Å². The molecule has 0 unspecified atom stereocenters. The Morgan fingerprint density at radius 3 is 2.50 bits per heavy atom. The van der Waals surface area contributed by atoms with Gasteiger partial charge < -0.3 is 14.2 Å². The summed E-state index contributed by atoms with van der Waals surface area (Å²) < 4.78 is 16.0. The molecule has 2 heterocycles. The maximum atomic E-state index is 11.4. The van der Waals surface area contributed by atoms with Gasteiger partial charge in [-0.15, -0.1) is 0 Å². The average molecular weight is 263 g/mol. The maximum Gasteiger partial charge on any atom is 0.306 e. The summed E-state index contributed by atoms with van der Waals surface area (Å²) in [5, 5.41) is 16.8. The number of ether oxygens (including phenoxy) is 3. The monoisotopic (exact) mass is 263 g/mol. The van der Waals surface area contributed by atoms with Crippen LogP contribution in [0.2, 0.25) is 0 Å². The summed E-state index contributed by atoms with van der Waals surface area (Å²) >= 11 is 0. The molecule has 0 aromatic heterocycles. The molecule has 0 bridgehead atoms. The summed E-state index contributed by atoms with van der Waals surface area (Å²) in [5.74, 6) is -0.286. The summed E-state index contributed by atoms with van der Waals surface area (Å²) in [5.41, 5.74) is 0. The van der Waals surface area contributed by atoms with Crippen LogP contribution in [0.3, 0.4) is 0 Å². The summed E-state index contributed by atoms with van der Waals surface area (Å²) in [6, 6.07) is 0. The van der Waals surface area contributed by atoms with Crippen molar-refractivity contribution in [1.29, 1.82) is 0 Å². The lowest BCUT2D eigenvalue weighted by Gasteiger charge is -2.17. The maximum absolute atomic E-state index is 11.4. The van der Waals surface area contributed by atoms with Crippen molar-refractivity contribution >= 4 is 5.97 Å². The normalized spacial score (nSPS) is 34.9. The number of fused-ring (bicyclic) bond motifs is 1. The van der Waals surface area contributed by atoms with Gasteiger partial charge in [0.05, 0.1) is 18.6 Å². The third-order valence-corrected chi connectivity index (χ3v) is 2.93. The first kappa shape index (κ1) is 13.7. The molecule has 104 valence electrons. The second kappa shape index (κ2) is 5.91. The first-order valence-corrected chi connectivity index (χ1v) is 5.89. The van der Waals surface area contributed by atoms with E-state index in [2.05, 4.69) is 4.84 Å². The largest absolute Gasteiger partial charge is 0.457 e. The van der Waals surface area contributed by atoms with Crippen LogP contribution in [0, 0.1) is 0 Å². The van der Waals surface area contributed by atoms with Crippen molar-refractivity contribution in [3.8, 4) is 0 Å². The summed E-state index contributed by atoms with van der Waals surface area (Å²) in [6.07, 6.45) is -0.901. The number of rotatable bonds is 5. The lowest BCUT2D eigenvalue weighted by Crippen LogP contribution is -2.37. The number of hydrogen-bond acceptors (Lipinski definition) is 8. The van der Waals surface area contributed by atoms with E-state index < -0.39 is 24.4 Å². The Kier molecular flexibility index (Phi) is 4.49. The number of esters is 1. The number of carbonyl (C=O) groups excluding carboxylic acids is 1. The molecular weight excluding hydrogens is 246 g/mol. The molecule has 2 aliphatic heterocycles. The van der Waals surface area contributed by atoms with Crippen LogP contribution in [0.25, 0.3) is 0 Å². The second-order valence-electron chi connectivity index (χ2n) is 4.27. The Morgan fingerprint density at radius 2 is 1.89 bits per heavy atom. The van der Waals surface area contributed by atoms with Crippen molar-refractivity contribution in [2.75, 3.05) is 13.2 Å². The van der Waals surface area contributed by atoms with Crippen LogP contribution in [-0.2, 0) is 23.8 Å². The fraction of sp³-hybridized carbons (Fsp3) is 0.900. The van der Waals surface area contributed by atoms with Gasteiger partial charge >= 0.3 is 5.97 Å². The Morgan fingerprint density at radius 1 is 1.28 bits per heavy atom. The minimum Gasteiger partial charge on any atom is -0.457 e. The molecule has 0 amide bonds. The van der Waals surface area contributed by atoms with Crippen LogP contribution in [-0.4, -0.2) is 59.4 Å². The number of nitrogens with zero attached hydrogens (tertiary/aromatic N) is 1. The Bertz CT molecular complexity index is 298. The van der Waals surface area contributed by atoms with Crippen LogP contribution >= 0.6 is 0 Å². The summed E-state index contributed by atoms with van der Waals surface area (Å²) in [7, 11) is 0. The SMILES string of the molecule is CCCC(=O)O[C@H]1CO[C@H]2[C@@H]1OC[C@H]2ON(O)O. The minimum absolute atomic E-state index is 0.148. The highest BCUT2D eigenvalue weighted by Crippen LogP contribution is 2.30. The molecule has 8 nitrogen and oxygen atoms in total. The van der Waals surface area contributed by atoms with Crippen LogP contribution in [0.15, 0.2) is 0 Å². The van der Waals surface area contributed by atoms with Gasteiger partial charge in [0, 0.05) is 6.42 Å². The third kappa shape index (κ3) is 2.97. The zero-order valence-electron chi connectivity index (χ0n) is 10.0. The van der Waals surface area contributed by atoms with Gasteiger partial charge in [0.15, 0.2) is 6.10 Å². The molecule has 0 saturated carbocycles. The molecule has 0 radical (unpaired) electrons. The minimum atomic E-state index is -0.625. The van der Waals surface area contributed by atoms with Crippen molar-refractivity contribution in [3.63, 3.8) is 0 Å². The summed E-state index contributed by atoms with van der Waals surface area (Å²) in [6.45, 7) is 2.26. The van der Waals surface area contributed by atoms with E-state index in [0.29, 0.717) is 6.42 Å². The standard InChI is InChI=1S/C10H17NO7/c1-2-3-8(12)17-6-4-15-10-7(18-11(13)14)5-16-9(6)10/h6-7,9-10,13-14H,2-5H2,1H3/t6-,7+,9+,10+/m0/s1. The molecule has 0 aliphatic carbocycles. The highest BCUT2D eigenvalue weighted by atomic mass is 17.1. The zero-order chi connectivity index (χ0) is 13.1. The van der Waals surface area contributed by atoms with Crippen molar-refractivity contribution in [1.82, 2.24) is 5.39 Å². The first-order valence-electron chi connectivity index (χ1n) is 5.89. The fourth-order valence-corrected chi connectivity index (χ4v) is 2.17. The molecule has 0 spiro atoms. The van der Waals surface area contributed by atoms with E-state index in [1.807, 2.05) is 6.92 Å². The Labute approximate surface area is 104 Å². The lowest BCUT2D eigenvalue weighted by atomic mass is 10.1. The van der Waals surface area contributed by atoms with Crippen molar-refractivity contribution in [2.24, 2.45) is 0 Å². The van der Waals surface area contributed by atoms with Gasteiger partial charge in [0.1, 0.15) is 18.3 Å². The topological polar surface area (TPSA) is 97.7 Å². The third-order valence-electron chi connectivity index (χ3n) is 2.93. The fourth-order valence-electron chi connectivity index (χ4n) is 2.17. The molecule has 8 heteroatoms. The Hall–Kier alpha value is -0.770. The zero-order valence-corrected chi connectivity index (χ0v) is 10.0. The van der Waals surface area contributed by atoms with E-state index in [-0.39, 0.29) is 24.6 Å². The van der Waals surface area contributed by atoms with Gasteiger partial charge in [-0.05, 0) is 6.42 Å². The number of hydrogen-bond donors (Lipinski definition) is 2. The molecule has 2 fully saturated rings. The molecule has 0 aromatic carbocycles. The van der Waals surface area contributed by atoms with Gasteiger partial charge in [-0.25, -0.2) is 4.84 Å². The van der Waals surface area contributed by atoms with Crippen LogP contribution < -0.4 is 0 Å². The second-order valence-corrected chi connectivity index (χ2v) is 4.27. The van der Waals surface area contributed by atoms with Gasteiger partial charge in [-0.3, -0.25) is 15.2 Å². The predicted octanol–water partition coefficient (Wildman–Crippen LogP) is -0.123. The number of carbonyl (C=O) groups is 1. The van der Waals surface area contributed by atoms with Gasteiger partial charge in [0.2, 0.25) is 0 Å². The van der Waals surface area contributed by atoms with Crippen LogP contribution in [0.4, 0.5) is 0 Å². The van der Waals surface area contributed by atoms with Crippen molar-refractivity contribution in [3.05, 3.63) is 0 Å². The van der Waals surface area contributed by atoms with Gasteiger partial charge in [-0.2, -0.15) is 0 Å². The van der Waals surface area contributed by atoms with Crippen molar-refractivity contribution in [2.45, 2.75) is 44.2 Å². The molecule has 2 N–H and O–H groups in total. The summed E-state index contributed by atoms with van der Waals surface area (Å²) in [4.78, 5) is 16.1. The van der Waals surface area contributed by atoms with E-state index in [0.717, 1.165) is 6.42 Å². The van der Waals surface area contributed by atoms with Crippen LogP contribution in [0.1, 0.15) is 19.8 Å². The Balaban J connectivity index is 1.86. The molecule has 4 atom stereocenters. The molecule has 2 aliphatic rings. The van der Waals surface area contributed by atoms with Gasteiger partial charge in [0.25, 0.3) is 0 Å². The quantitative estimate of drug-likeness (QED) is 0.523. The molecule has 0 aromatic rings. The molecule has 2 saturated heterocycles. The molecule has 2 rings (SSSR count). The molecule has 18 heavy (non-hydrogen) atoms. The smallest absolute Gasteiger partial charge is 0.306 e. The van der Waals surface area contributed by atoms with E-state index in [9.17, 15) is 4.79 Å². The van der Waals surface area contributed by atoms with E-state index >= 15 is 0 Å². The molecular formula is C10H17NO7. The highest BCUT2D eigenvalue weighted by molar-refractivity contribution is 5.69.